The van der Waals surface area contributed by atoms with Crippen LogP contribution in [0.3, 0.4) is 0 Å². The lowest BCUT2D eigenvalue weighted by atomic mass is 9.86. The van der Waals surface area contributed by atoms with Gasteiger partial charge >= 0.3 is 0 Å². The third kappa shape index (κ3) is 7.46. The predicted octanol–water partition coefficient (Wildman–Crippen LogP) is 14.5. The zero-order valence-corrected chi connectivity index (χ0v) is 32.3. The first-order valence-corrected chi connectivity index (χ1v) is 19.1. The molecule has 0 fully saturated rings. The summed E-state index contributed by atoms with van der Waals surface area (Å²) in [4.78, 5) is 10.0. The van der Waals surface area contributed by atoms with Crippen LogP contribution in [0.4, 0.5) is 0 Å². The molecule has 0 aliphatic heterocycles. The summed E-state index contributed by atoms with van der Waals surface area (Å²) in [7, 11) is 0. The molecular weight excluding hydrogens is 719 g/mol. The minimum absolute atomic E-state index is 0.0164. The number of hydrogen-bond donors (Lipinski definition) is 1. The van der Waals surface area contributed by atoms with E-state index in [2.05, 4.69) is 0 Å². The van der Waals surface area contributed by atoms with Crippen molar-refractivity contribution in [3.05, 3.63) is 193 Å². The molecule has 9 aromatic rings. The molecule has 0 amide bonds. The number of phenolic OH excluding ortho intramolecular Hbond substituents is 1. The number of aromatic nitrogens is 3. The largest absolute Gasteiger partial charge is 0.507 e. The van der Waals surface area contributed by atoms with Crippen molar-refractivity contribution in [2.45, 2.75) is 45.7 Å². The molecule has 2 heterocycles. The van der Waals surface area contributed by atoms with Crippen LogP contribution in [0.25, 0.3) is 83.9 Å². The highest BCUT2D eigenvalue weighted by Gasteiger charge is 2.22. The molecule has 288 valence electrons. The summed E-state index contributed by atoms with van der Waals surface area (Å²) < 4.78 is 121. The van der Waals surface area contributed by atoms with Crippen molar-refractivity contribution in [3.63, 3.8) is 0 Å². The second kappa shape index (κ2) is 15.4. The number of aromatic hydroxyl groups is 1. The number of hydrogen-bond acceptors (Lipinski definition) is 3. The summed E-state index contributed by atoms with van der Waals surface area (Å²) >= 11 is 0. The Morgan fingerprint density at radius 1 is 0.593 bits per heavy atom. The zero-order valence-electron chi connectivity index (χ0n) is 46.3. The molecule has 0 saturated carbocycles. The molecule has 59 heavy (non-hydrogen) atoms. The minimum Gasteiger partial charge on any atom is -0.507 e. The third-order valence-corrected chi connectivity index (χ3v) is 10.4. The van der Waals surface area contributed by atoms with E-state index in [1.807, 2.05) is 140 Å². The van der Waals surface area contributed by atoms with Crippen molar-refractivity contribution in [2.24, 2.45) is 0 Å². The normalized spacial score (nSPS) is 16.0. The fourth-order valence-corrected chi connectivity index (χ4v) is 7.38. The van der Waals surface area contributed by atoms with E-state index in [9.17, 15) is 5.11 Å². The van der Waals surface area contributed by atoms with Crippen LogP contribution < -0.4 is 0 Å². The maximum absolute atomic E-state index is 11.4. The van der Waals surface area contributed by atoms with E-state index in [1.165, 1.54) is 12.3 Å². The monoisotopic (exact) mass is 779 g/mol. The summed E-state index contributed by atoms with van der Waals surface area (Å²) in [6.07, 6.45) is 1.41. The fourth-order valence-electron chi connectivity index (χ4n) is 7.38. The molecule has 4 heteroatoms. The van der Waals surface area contributed by atoms with Gasteiger partial charge in [0.2, 0.25) is 0 Å². The molecule has 0 atom stereocenters. The molecule has 4 nitrogen and oxygen atoms in total. The first-order chi connectivity index (χ1) is 34.3. The van der Waals surface area contributed by atoms with Gasteiger partial charge in [0.15, 0.2) is 0 Å². The standard InChI is InChI=1S/C55H47N3O/c1-36(2)41-29-43(38-17-10-7-11-18-38)34-47(33-41)58-51-21-14-20-48(53(51)57-54(58)49-19-12-13-22-52(49)59)44-30-42(37-15-8-6-9-16-37)31-45(32-44)50-35-40(27-28-56-50)39-23-25-46(26-24-39)55(3,4)5/h6-36,59H,1-5H3/i3D3,4D3,5D3,23D,24D,25D,26D,36D. The molecule has 7 aromatic carbocycles. The van der Waals surface area contributed by atoms with E-state index < -0.39 is 61.6 Å². The third-order valence-electron chi connectivity index (χ3n) is 10.4. The van der Waals surface area contributed by atoms with Gasteiger partial charge in [0.05, 0.1) is 27.8 Å². The number of rotatable bonds is 8. The SMILES string of the molecule is [2H]c1c([2H])c(C(C([2H])([2H])[2H])(C([2H])([2H])[2H])C([2H])([2H])[2H])c([2H])c([2H])c1-c1ccnc(-c2cc(-c3ccccc3)cc(-c3cccc4c3nc(-c3ccccc3O)n4-c3cc(-c4ccccc4)cc(C([2H])(C)C)c3)c2)c1. The molecule has 2 aromatic heterocycles. The van der Waals surface area contributed by atoms with Crippen molar-refractivity contribution < 1.29 is 24.3 Å². The topological polar surface area (TPSA) is 50.9 Å². The number of nitrogens with zero attached hydrogens (tertiary/aromatic N) is 3. The van der Waals surface area contributed by atoms with Crippen molar-refractivity contribution in [1.82, 2.24) is 14.5 Å². The number of imidazole rings is 1. The van der Waals surface area contributed by atoms with Gasteiger partial charge in [0, 0.05) is 36.7 Å². The fraction of sp³-hybridized carbons (Fsp3) is 0.127. The van der Waals surface area contributed by atoms with Crippen LogP contribution in [0.5, 0.6) is 5.75 Å². The van der Waals surface area contributed by atoms with Crippen LogP contribution in [0.15, 0.2) is 182 Å². The quantitative estimate of drug-likeness (QED) is 0.167. The summed E-state index contributed by atoms with van der Waals surface area (Å²) in [5, 5.41) is 11.4. The summed E-state index contributed by atoms with van der Waals surface area (Å²) in [5.74, 6) is -0.516. The van der Waals surface area contributed by atoms with Gasteiger partial charge < -0.3 is 5.11 Å². The van der Waals surface area contributed by atoms with E-state index in [1.54, 1.807) is 24.3 Å². The molecule has 0 aliphatic carbocycles. The molecule has 0 radical (unpaired) electrons. The van der Waals surface area contributed by atoms with Crippen LogP contribution in [-0.2, 0) is 5.41 Å². The molecule has 0 spiro atoms. The molecule has 1 N–H and O–H groups in total. The first kappa shape index (κ1) is 24.7. The number of fused-ring (bicyclic) bond motifs is 1. The second-order valence-corrected chi connectivity index (χ2v) is 14.7. The highest BCUT2D eigenvalue weighted by molar-refractivity contribution is 5.98. The molecule has 0 unspecified atom stereocenters. The molecule has 0 saturated heterocycles. The Morgan fingerprint density at radius 2 is 1.24 bits per heavy atom. The Balaban J connectivity index is 1.27. The van der Waals surface area contributed by atoms with E-state index in [0.717, 1.165) is 33.5 Å². The minimum atomic E-state index is -3.81. The van der Waals surface area contributed by atoms with Crippen LogP contribution in [0.2, 0.25) is 0 Å². The van der Waals surface area contributed by atoms with Gasteiger partial charge in [-0.2, -0.15) is 0 Å². The molecule has 9 rings (SSSR count). The number of phenols is 1. The van der Waals surface area contributed by atoms with Gasteiger partial charge in [0.1, 0.15) is 11.6 Å². The van der Waals surface area contributed by atoms with E-state index in [4.69, 9.17) is 29.2 Å². The highest BCUT2D eigenvalue weighted by atomic mass is 16.3. The van der Waals surface area contributed by atoms with Gasteiger partial charge in [-0.25, -0.2) is 4.98 Å². The molecule has 0 aliphatic rings. The van der Waals surface area contributed by atoms with E-state index in [-0.39, 0.29) is 16.9 Å². The Labute approximate surface area is 366 Å². The lowest BCUT2D eigenvalue weighted by molar-refractivity contribution is 0.477. The lowest BCUT2D eigenvalue weighted by Gasteiger charge is -2.19. The Hall–Kier alpha value is -7.04. The van der Waals surface area contributed by atoms with E-state index in [0.29, 0.717) is 44.8 Å². The first-order valence-electron chi connectivity index (χ1n) is 26.1. The highest BCUT2D eigenvalue weighted by Crippen LogP contribution is 2.41. The summed E-state index contributed by atoms with van der Waals surface area (Å²) in [5.41, 5.74) is 3.82. The zero-order chi connectivity index (χ0) is 52.6. The molecule has 0 bridgehead atoms. The molecular formula is C55H47N3O. The number of pyridine rings is 1. The van der Waals surface area contributed by atoms with Gasteiger partial charge in [-0.1, -0.05) is 150 Å². The van der Waals surface area contributed by atoms with Crippen molar-refractivity contribution in [2.75, 3.05) is 0 Å². The Morgan fingerprint density at radius 3 is 1.93 bits per heavy atom. The summed E-state index contributed by atoms with van der Waals surface area (Å²) in [6.45, 7) is -7.78. The number of para-hydroxylation sites is 2. The van der Waals surface area contributed by atoms with E-state index >= 15 is 0 Å². The Bertz CT molecular complexity index is 3510. The van der Waals surface area contributed by atoms with Gasteiger partial charge in [-0.05, 0) is 122 Å². The lowest BCUT2D eigenvalue weighted by Crippen LogP contribution is -2.10. The smallest absolute Gasteiger partial charge is 0.149 e. The van der Waals surface area contributed by atoms with Gasteiger partial charge in [-0.3, -0.25) is 9.55 Å². The van der Waals surface area contributed by atoms with Crippen LogP contribution in [0, 0.1) is 0 Å². The maximum Gasteiger partial charge on any atom is 0.149 e. The van der Waals surface area contributed by atoms with Gasteiger partial charge in [-0.15, -0.1) is 0 Å². The summed E-state index contributed by atoms with van der Waals surface area (Å²) in [6, 6.07) is 43.3. The maximum atomic E-state index is 11.4. The van der Waals surface area contributed by atoms with Crippen molar-refractivity contribution in [1.29, 1.82) is 0 Å². The predicted molar refractivity (Wildman–Crippen MR) is 246 cm³/mol. The van der Waals surface area contributed by atoms with Crippen LogP contribution >= 0.6 is 0 Å². The second-order valence-electron chi connectivity index (χ2n) is 14.7. The van der Waals surface area contributed by atoms with Crippen molar-refractivity contribution in [3.8, 4) is 78.6 Å². The Kier molecular flexibility index (Phi) is 6.43. The number of benzene rings is 7. The average Bonchev–Trinajstić information content (AvgIpc) is 3.73. The average molecular weight is 780 g/mol. The van der Waals surface area contributed by atoms with Crippen LogP contribution in [-0.4, -0.2) is 19.6 Å². The van der Waals surface area contributed by atoms with Crippen LogP contribution in [0.1, 0.15) is 70.6 Å². The van der Waals surface area contributed by atoms with Crippen molar-refractivity contribution >= 4 is 11.0 Å². The van der Waals surface area contributed by atoms with Gasteiger partial charge in [0.25, 0.3) is 0 Å².